The number of ether oxygens (including phenoxy) is 2. The normalized spacial score (nSPS) is 10.4. The van der Waals surface area contributed by atoms with Crippen LogP contribution in [0.3, 0.4) is 0 Å². The van der Waals surface area contributed by atoms with Gasteiger partial charge in [0.15, 0.2) is 17.5 Å². The summed E-state index contributed by atoms with van der Waals surface area (Å²) in [5.74, 6) is -1.77. The Morgan fingerprint density at radius 3 is 2.61 bits per heavy atom. The van der Waals surface area contributed by atoms with E-state index in [2.05, 4.69) is 10.3 Å². The largest absolute Gasteiger partial charge is 0.473 e. The van der Waals surface area contributed by atoms with Crippen LogP contribution in [-0.2, 0) is 4.74 Å². The number of hydrogen-bond acceptors (Lipinski definition) is 4. The van der Waals surface area contributed by atoms with Crippen LogP contribution in [0.1, 0.15) is 20.3 Å². The summed E-state index contributed by atoms with van der Waals surface area (Å²) >= 11 is 0. The molecule has 0 aromatic carbocycles. The zero-order valence-corrected chi connectivity index (χ0v) is 10.6. The van der Waals surface area contributed by atoms with Gasteiger partial charge in [-0.15, -0.1) is 0 Å². The van der Waals surface area contributed by atoms with Gasteiger partial charge in [0, 0.05) is 19.2 Å². The summed E-state index contributed by atoms with van der Waals surface area (Å²) in [5, 5.41) is 2.69. The molecule has 4 nitrogen and oxygen atoms in total. The molecule has 0 amide bonds. The molecule has 0 radical (unpaired) electrons. The SMILES string of the molecule is CCCOCCOc1nc(NCC)c(F)cc1F. The molecule has 1 rings (SSSR count). The van der Waals surface area contributed by atoms with Gasteiger partial charge in [-0.2, -0.15) is 4.98 Å². The van der Waals surface area contributed by atoms with Crippen LogP contribution in [0.2, 0.25) is 0 Å². The number of hydrogen-bond donors (Lipinski definition) is 1. The molecule has 102 valence electrons. The molecule has 1 aromatic heterocycles. The molecule has 0 aliphatic carbocycles. The van der Waals surface area contributed by atoms with Crippen molar-refractivity contribution in [3.05, 3.63) is 17.7 Å². The van der Waals surface area contributed by atoms with Crippen molar-refractivity contribution in [2.75, 3.05) is 31.7 Å². The van der Waals surface area contributed by atoms with E-state index >= 15 is 0 Å². The van der Waals surface area contributed by atoms with Gasteiger partial charge >= 0.3 is 0 Å². The lowest BCUT2D eigenvalue weighted by Gasteiger charge is -2.09. The number of halogens is 2. The summed E-state index contributed by atoms with van der Waals surface area (Å²) in [7, 11) is 0. The van der Waals surface area contributed by atoms with Crippen LogP contribution in [0, 0.1) is 11.6 Å². The van der Waals surface area contributed by atoms with Gasteiger partial charge in [-0.1, -0.05) is 6.92 Å². The number of nitrogens with one attached hydrogen (secondary N) is 1. The van der Waals surface area contributed by atoms with Crippen molar-refractivity contribution in [3.63, 3.8) is 0 Å². The monoisotopic (exact) mass is 260 g/mol. The Bertz CT molecular complexity index is 375. The fourth-order valence-corrected chi connectivity index (χ4v) is 1.29. The van der Waals surface area contributed by atoms with Gasteiger partial charge < -0.3 is 14.8 Å². The summed E-state index contributed by atoms with van der Waals surface area (Å²) < 4.78 is 36.9. The molecule has 0 bridgehead atoms. The van der Waals surface area contributed by atoms with Gasteiger partial charge in [-0.3, -0.25) is 0 Å². The van der Waals surface area contributed by atoms with Gasteiger partial charge in [0.1, 0.15) is 6.61 Å². The third kappa shape index (κ3) is 4.44. The van der Waals surface area contributed by atoms with E-state index in [1.54, 1.807) is 6.92 Å². The zero-order valence-electron chi connectivity index (χ0n) is 10.6. The predicted molar refractivity (Wildman–Crippen MR) is 64.9 cm³/mol. The highest BCUT2D eigenvalue weighted by atomic mass is 19.1. The van der Waals surface area contributed by atoms with Crippen molar-refractivity contribution in [2.45, 2.75) is 20.3 Å². The lowest BCUT2D eigenvalue weighted by molar-refractivity contribution is 0.0973. The Kier molecular flexibility index (Phi) is 6.35. The van der Waals surface area contributed by atoms with Crippen LogP contribution >= 0.6 is 0 Å². The summed E-state index contributed by atoms with van der Waals surface area (Å²) in [5.41, 5.74) is 0. The van der Waals surface area contributed by atoms with Crippen LogP contribution in [0.4, 0.5) is 14.6 Å². The van der Waals surface area contributed by atoms with Crippen molar-refractivity contribution < 1.29 is 18.3 Å². The Labute approximate surface area is 105 Å². The van der Waals surface area contributed by atoms with Gasteiger partial charge in [0.05, 0.1) is 6.61 Å². The molecule has 0 aliphatic rings. The quantitative estimate of drug-likeness (QED) is 0.730. The lowest BCUT2D eigenvalue weighted by atomic mass is 10.4. The van der Waals surface area contributed by atoms with Crippen molar-refractivity contribution in [2.24, 2.45) is 0 Å². The van der Waals surface area contributed by atoms with Crippen LogP contribution in [-0.4, -0.2) is 31.3 Å². The average molecular weight is 260 g/mol. The third-order valence-corrected chi connectivity index (χ3v) is 2.06. The first-order valence-corrected chi connectivity index (χ1v) is 5.99. The second-order valence-electron chi connectivity index (χ2n) is 3.60. The first kappa shape index (κ1) is 14.6. The minimum absolute atomic E-state index is 0.0108. The van der Waals surface area contributed by atoms with E-state index in [9.17, 15) is 8.78 Å². The highest BCUT2D eigenvalue weighted by Gasteiger charge is 2.12. The number of pyridine rings is 1. The minimum Gasteiger partial charge on any atom is -0.473 e. The molecule has 0 saturated heterocycles. The lowest BCUT2D eigenvalue weighted by Crippen LogP contribution is -2.11. The maximum absolute atomic E-state index is 13.4. The van der Waals surface area contributed by atoms with Gasteiger partial charge in [-0.05, 0) is 13.3 Å². The first-order chi connectivity index (χ1) is 8.69. The highest BCUT2D eigenvalue weighted by Crippen LogP contribution is 2.20. The molecule has 0 fully saturated rings. The van der Waals surface area contributed by atoms with Crippen LogP contribution in [0.25, 0.3) is 0 Å². The molecule has 0 saturated carbocycles. The van der Waals surface area contributed by atoms with Crippen LogP contribution < -0.4 is 10.1 Å². The Morgan fingerprint density at radius 2 is 1.94 bits per heavy atom. The molecule has 0 atom stereocenters. The molecule has 0 spiro atoms. The molecule has 18 heavy (non-hydrogen) atoms. The predicted octanol–water partition coefficient (Wildman–Crippen LogP) is 2.60. The molecular formula is C12H18F2N2O2. The number of anilines is 1. The molecular weight excluding hydrogens is 242 g/mol. The molecule has 1 N–H and O–H groups in total. The van der Waals surface area contributed by atoms with Gasteiger partial charge in [0.25, 0.3) is 5.88 Å². The fraction of sp³-hybridized carbons (Fsp3) is 0.583. The Morgan fingerprint density at radius 1 is 1.17 bits per heavy atom. The van der Waals surface area contributed by atoms with Crippen molar-refractivity contribution >= 4 is 5.82 Å². The number of aromatic nitrogens is 1. The van der Waals surface area contributed by atoms with E-state index in [0.717, 1.165) is 12.5 Å². The number of rotatable bonds is 8. The molecule has 0 unspecified atom stereocenters. The van der Waals surface area contributed by atoms with E-state index < -0.39 is 11.6 Å². The smallest absolute Gasteiger partial charge is 0.252 e. The third-order valence-electron chi connectivity index (χ3n) is 2.06. The molecule has 1 heterocycles. The van der Waals surface area contributed by atoms with Gasteiger partial charge in [-0.25, -0.2) is 8.78 Å². The maximum Gasteiger partial charge on any atom is 0.252 e. The van der Waals surface area contributed by atoms with Crippen LogP contribution in [0.15, 0.2) is 6.07 Å². The number of nitrogens with zero attached hydrogens (tertiary/aromatic N) is 1. The molecule has 0 aliphatic heterocycles. The van der Waals surface area contributed by atoms with Crippen LogP contribution in [0.5, 0.6) is 5.88 Å². The summed E-state index contributed by atoms with van der Waals surface area (Å²) in [6, 6.07) is 0.757. The standard InChI is InChI=1S/C12H18F2N2O2/c1-3-5-17-6-7-18-12-10(14)8-9(13)11(16-12)15-4-2/h8H,3-7H2,1-2H3,(H,15,16). The van der Waals surface area contributed by atoms with Crippen molar-refractivity contribution in [1.29, 1.82) is 0 Å². The summed E-state index contributed by atoms with van der Waals surface area (Å²) in [6.45, 7) is 5.44. The second-order valence-corrected chi connectivity index (χ2v) is 3.60. The van der Waals surface area contributed by atoms with E-state index in [1.807, 2.05) is 6.92 Å². The van der Waals surface area contributed by atoms with Gasteiger partial charge in [0.2, 0.25) is 0 Å². The highest BCUT2D eigenvalue weighted by molar-refractivity contribution is 5.39. The van der Waals surface area contributed by atoms with E-state index in [4.69, 9.17) is 9.47 Å². The van der Waals surface area contributed by atoms with Crippen molar-refractivity contribution in [3.8, 4) is 5.88 Å². The summed E-state index contributed by atoms with van der Waals surface area (Å²) in [4.78, 5) is 3.74. The topological polar surface area (TPSA) is 43.4 Å². The second kappa shape index (κ2) is 7.81. The molecule has 6 heteroatoms. The zero-order chi connectivity index (χ0) is 13.4. The average Bonchev–Trinajstić information content (AvgIpc) is 2.34. The molecule has 1 aromatic rings. The van der Waals surface area contributed by atoms with Crippen molar-refractivity contribution in [1.82, 2.24) is 4.98 Å². The van der Waals surface area contributed by atoms with E-state index in [0.29, 0.717) is 19.8 Å². The maximum atomic E-state index is 13.4. The fourth-order valence-electron chi connectivity index (χ4n) is 1.29. The summed E-state index contributed by atoms with van der Waals surface area (Å²) in [6.07, 6.45) is 0.910. The van der Waals surface area contributed by atoms with E-state index in [-0.39, 0.29) is 18.3 Å². The Hall–Kier alpha value is -1.43. The minimum atomic E-state index is -0.815. The van der Waals surface area contributed by atoms with E-state index in [1.165, 1.54) is 0 Å². The first-order valence-electron chi connectivity index (χ1n) is 5.99. The Balaban J connectivity index is 2.56.